The molecule has 0 bridgehead atoms. The van der Waals surface area contributed by atoms with Gasteiger partial charge in [-0.25, -0.2) is 0 Å². The van der Waals surface area contributed by atoms with E-state index in [0.717, 1.165) is 11.3 Å². The monoisotopic (exact) mass is 285 g/mol. The van der Waals surface area contributed by atoms with Gasteiger partial charge in [-0.1, -0.05) is 18.2 Å². The Morgan fingerprint density at radius 3 is 2.71 bits per heavy atom. The van der Waals surface area contributed by atoms with Crippen LogP contribution < -0.4 is 9.47 Å². The highest BCUT2D eigenvalue weighted by Crippen LogP contribution is 2.32. The van der Waals surface area contributed by atoms with Gasteiger partial charge in [-0.05, 0) is 37.1 Å². The maximum Gasteiger partial charge on any atom is 0.181 e. The second-order valence-electron chi connectivity index (χ2n) is 4.52. The number of hydrogen-bond acceptors (Lipinski definition) is 4. The van der Waals surface area contributed by atoms with Gasteiger partial charge in [-0.2, -0.15) is 0 Å². The molecule has 2 aromatic rings. The average molecular weight is 285 g/mol. The van der Waals surface area contributed by atoms with Crippen LogP contribution >= 0.6 is 0 Å². The van der Waals surface area contributed by atoms with E-state index in [-0.39, 0.29) is 5.78 Å². The van der Waals surface area contributed by atoms with Gasteiger partial charge in [0.1, 0.15) is 5.69 Å². The first kappa shape index (κ1) is 15.0. The molecule has 0 aliphatic rings. The number of methoxy groups -OCH3 is 1. The van der Waals surface area contributed by atoms with E-state index in [0.29, 0.717) is 30.9 Å². The molecular formula is C17H19NO3. The molecule has 0 spiro atoms. The lowest BCUT2D eigenvalue weighted by molar-refractivity contribution is 0.0978. The van der Waals surface area contributed by atoms with Crippen LogP contribution in [-0.4, -0.2) is 24.5 Å². The Bertz CT molecular complexity index is 596. The van der Waals surface area contributed by atoms with Gasteiger partial charge < -0.3 is 9.47 Å². The first-order valence-electron chi connectivity index (χ1n) is 6.99. The average Bonchev–Trinajstić information content (AvgIpc) is 2.54. The molecule has 0 saturated heterocycles. The number of Topliss-reactive ketones (excluding diaryl/α,β-unsaturated/α-hetero) is 1. The molecule has 0 radical (unpaired) electrons. The van der Waals surface area contributed by atoms with Crippen molar-refractivity contribution >= 4 is 5.78 Å². The number of aromatic nitrogens is 1. The predicted molar refractivity (Wildman–Crippen MR) is 81.1 cm³/mol. The molecule has 1 aromatic heterocycles. The summed E-state index contributed by atoms with van der Waals surface area (Å²) in [5.74, 6) is 1.44. The summed E-state index contributed by atoms with van der Waals surface area (Å²) in [5, 5.41) is 0. The highest BCUT2D eigenvalue weighted by atomic mass is 16.5. The fourth-order valence-electron chi connectivity index (χ4n) is 2.13. The highest BCUT2D eigenvalue weighted by Gasteiger charge is 2.13. The fourth-order valence-corrected chi connectivity index (χ4v) is 2.13. The first-order valence-corrected chi connectivity index (χ1v) is 6.99. The van der Waals surface area contributed by atoms with Crippen molar-refractivity contribution in [1.82, 2.24) is 4.98 Å². The van der Waals surface area contributed by atoms with Crippen molar-refractivity contribution in [2.24, 2.45) is 0 Å². The molecule has 1 aromatic carbocycles. The molecule has 0 atom stereocenters. The van der Waals surface area contributed by atoms with Crippen molar-refractivity contribution in [2.75, 3.05) is 13.7 Å². The van der Waals surface area contributed by atoms with E-state index in [1.807, 2.05) is 31.2 Å². The van der Waals surface area contributed by atoms with E-state index in [9.17, 15) is 4.79 Å². The fraction of sp³-hybridized carbons (Fsp3) is 0.294. The van der Waals surface area contributed by atoms with Crippen LogP contribution in [0, 0.1) is 0 Å². The summed E-state index contributed by atoms with van der Waals surface area (Å²) in [6.45, 7) is 2.48. The zero-order valence-corrected chi connectivity index (χ0v) is 12.3. The minimum atomic E-state index is 0.0286. The zero-order chi connectivity index (χ0) is 15.1. The lowest BCUT2D eigenvalue weighted by atomic mass is 10.0. The van der Waals surface area contributed by atoms with E-state index in [2.05, 4.69) is 4.98 Å². The third-order valence-corrected chi connectivity index (χ3v) is 3.14. The normalized spacial score (nSPS) is 10.2. The first-order chi connectivity index (χ1) is 10.3. The Kier molecular flexibility index (Phi) is 5.32. The molecule has 0 fully saturated rings. The number of carbonyl (C=O) groups is 1. The Morgan fingerprint density at radius 2 is 2.05 bits per heavy atom. The summed E-state index contributed by atoms with van der Waals surface area (Å²) in [6, 6.07) is 11.1. The second kappa shape index (κ2) is 7.43. The van der Waals surface area contributed by atoms with Crippen molar-refractivity contribution in [3.8, 4) is 11.5 Å². The topological polar surface area (TPSA) is 48.4 Å². The molecule has 1 heterocycles. The maximum atomic E-state index is 12.1. The number of ether oxygens (including phenoxy) is 2. The molecule has 0 unspecified atom stereocenters. The molecule has 4 heteroatoms. The number of para-hydroxylation sites is 1. The lowest BCUT2D eigenvalue weighted by Crippen LogP contribution is -2.05. The van der Waals surface area contributed by atoms with Crippen molar-refractivity contribution in [3.05, 3.63) is 53.9 Å². The van der Waals surface area contributed by atoms with Gasteiger partial charge in [0.2, 0.25) is 0 Å². The number of ketones is 1. The SMILES string of the molecule is CCOc1c(CCC(=O)c2ccccn2)cccc1OC. The maximum absolute atomic E-state index is 12.1. The molecule has 21 heavy (non-hydrogen) atoms. The molecule has 0 saturated carbocycles. The van der Waals surface area contributed by atoms with Crippen LogP contribution in [0.5, 0.6) is 11.5 Å². The summed E-state index contributed by atoms with van der Waals surface area (Å²) < 4.78 is 11.0. The molecule has 4 nitrogen and oxygen atoms in total. The molecule has 0 aliphatic heterocycles. The number of nitrogens with zero attached hydrogens (tertiary/aromatic N) is 1. The largest absolute Gasteiger partial charge is 0.493 e. The minimum absolute atomic E-state index is 0.0286. The van der Waals surface area contributed by atoms with Gasteiger partial charge in [0.05, 0.1) is 13.7 Å². The van der Waals surface area contributed by atoms with Crippen LogP contribution in [0.2, 0.25) is 0 Å². The second-order valence-corrected chi connectivity index (χ2v) is 4.52. The third kappa shape index (κ3) is 3.81. The Morgan fingerprint density at radius 1 is 1.19 bits per heavy atom. The number of aryl methyl sites for hydroxylation is 1. The van der Waals surface area contributed by atoms with Crippen molar-refractivity contribution in [3.63, 3.8) is 0 Å². The standard InChI is InChI=1S/C17H19NO3/c1-3-21-17-13(7-6-9-16(17)20-2)10-11-15(19)14-8-4-5-12-18-14/h4-9,12H,3,10-11H2,1-2H3. The van der Waals surface area contributed by atoms with E-state index in [1.54, 1.807) is 25.4 Å². The van der Waals surface area contributed by atoms with Crippen molar-refractivity contribution in [1.29, 1.82) is 0 Å². The van der Waals surface area contributed by atoms with Crippen LogP contribution in [0.1, 0.15) is 29.4 Å². The number of benzene rings is 1. The molecule has 0 aliphatic carbocycles. The molecule has 0 amide bonds. The summed E-state index contributed by atoms with van der Waals surface area (Å²) in [6.07, 6.45) is 2.62. The van der Waals surface area contributed by atoms with Crippen LogP contribution in [0.25, 0.3) is 0 Å². The van der Waals surface area contributed by atoms with Crippen molar-refractivity contribution in [2.45, 2.75) is 19.8 Å². The number of pyridine rings is 1. The molecular weight excluding hydrogens is 266 g/mol. The number of hydrogen-bond donors (Lipinski definition) is 0. The molecule has 110 valence electrons. The van der Waals surface area contributed by atoms with Crippen LogP contribution in [0.3, 0.4) is 0 Å². The third-order valence-electron chi connectivity index (χ3n) is 3.14. The summed E-state index contributed by atoms with van der Waals surface area (Å²) in [4.78, 5) is 16.2. The van der Waals surface area contributed by atoms with E-state index < -0.39 is 0 Å². The predicted octanol–water partition coefficient (Wildman–Crippen LogP) is 3.30. The van der Waals surface area contributed by atoms with Gasteiger partial charge in [-0.15, -0.1) is 0 Å². The Labute approximate surface area is 124 Å². The quantitative estimate of drug-likeness (QED) is 0.732. The van der Waals surface area contributed by atoms with Crippen molar-refractivity contribution < 1.29 is 14.3 Å². The van der Waals surface area contributed by atoms with Gasteiger partial charge in [-0.3, -0.25) is 9.78 Å². The Hall–Kier alpha value is -2.36. The lowest BCUT2D eigenvalue weighted by Gasteiger charge is -2.13. The molecule has 0 N–H and O–H groups in total. The smallest absolute Gasteiger partial charge is 0.181 e. The molecule has 2 rings (SSSR count). The van der Waals surface area contributed by atoms with Crippen LogP contribution in [0.15, 0.2) is 42.6 Å². The summed E-state index contributed by atoms with van der Waals surface area (Å²) >= 11 is 0. The van der Waals surface area contributed by atoms with E-state index in [1.165, 1.54) is 0 Å². The highest BCUT2D eigenvalue weighted by molar-refractivity contribution is 5.94. The zero-order valence-electron chi connectivity index (χ0n) is 12.3. The van der Waals surface area contributed by atoms with Crippen LogP contribution in [0.4, 0.5) is 0 Å². The minimum Gasteiger partial charge on any atom is -0.493 e. The number of carbonyl (C=O) groups excluding carboxylic acids is 1. The van der Waals surface area contributed by atoms with Gasteiger partial charge in [0.25, 0.3) is 0 Å². The van der Waals surface area contributed by atoms with Gasteiger partial charge in [0.15, 0.2) is 17.3 Å². The summed E-state index contributed by atoms with van der Waals surface area (Å²) in [7, 11) is 1.61. The van der Waals surface area contributed by atoms with Crippen LogP contribution in [-0.2, 0) is 6.42 Å². The summed E-state index contributed by atoms with van der Waals surface area (Å²) in [5.41, 5.74) is 1.47. The number of rotatable bonds is 7. The van der Waals surface area contributed by atoms with Gasteiger partial charge in [0, 0.05) is 12.6 Å². The van der Waals surface area contributed by atoms with E-state index >= 15 is 0 Å². The van der Waals surface area contributed by atoms with E-state index in [4.69, 9.17) is 9.47 Å². The Balaban J connectivity index is 2.11. The van der Waals surface area contributed by atoms with Gasteiger partial charge >= 0.3 is 0 Å².